The van der Waals surface area contributed by atoms with E-state index in [1.807, 2.05) is 5.32 Å². The van der Waals surface area contributed by atoms with Gasteiger partial charge in [-0.25, -0.2) is 4.39 Å². The summed E-state index contributed by atoms with van der Waals surface area (Å²) in [5.41, 5.74) is -9.35. The third-order valence-corrected chi connectivity index (χ3v) is 6.21. The van der Waals surface area contributed by atoms with Gasteiger partial charge in [0.2, 0.25) is 0 Å². The molecule has 232 valence electrons. The normalized spacial score (nSPS) is 12.2. The maximum Gasteiger partial charge on any atom is 0.435 e. The number of para-hydroxylation sites is 1. The highest BCUT2D eigenvalue weighted by molar-refractivity contribution is 6.34. The summed E-state index contributed by atoms with van der Waals surface area (Å²) in [6.45, 7) is -2.18. The number of carbonyl (C=O) groups excluding carboxylic acids is 2. The number of nitrogens with one attached hydrogen (secondary N) is 1. The lowest BCUT2D eigenvalue weighted by Crippen LogP contribution is -2.50. The van der Waals surface area contributed by atoms with Gasteiger partial charge in [0.25, 0.3) is 11.8 Å². The number of rotatable bonds is 9. The van der Waals surface area contributed by atoms with Crippen LogP contribution in [0.1, 0.15) is 33.2 Å². The van der Waals surface area contributed by atoms with Crippen molar-refractivity contribution >= 4 is 34.8 Å². The molecular formula is C26H19ClF9N3O4. The van der Waals surface area contributed by atoms with Crippen molar-refractivity contribution in [2.45, 2.75) is 31.6 Å². The monoisotopic (exact) mass is 643 g/mol. The summed E-state index contributed by atoms with van der Waals surface area (Å²) < 4.78 is 130. The van der Waals surface area contributed by atoms with E-state index in [1.54, 1.807) is 6.92 Å². The Morgan fingerprint density at radius 1 is 1.00 bits per heavy atom. The predicted octanol–water partition coefficient (Wildman–Crippen LogP) is 7.55. The van der Waals surface area contributed by atoms with Gasteiger partial charge in [-0.2, -0.15) is 35.1 Å². The minimum Gasteiger partial charge on any atom is -0.494 e. The molecule has 0 bridgehead atoms. The first-order valence-corrected chi connectivity index (χ1v) is 12.2. The molecule has 0 unspecified atom stereocenters. The molecule has 1 aromatic heterocycles. The Balaban J connectivity index is 2.11. The van der Waals surface area contributed by atoms with Crippen molar-refractivity contribution in [1.29, 1.82) is 0 Å². The average molecular weight is 644 g/mol. The van der Waals surface area contributed by atoms with E-state index in [9.17, 15) is 49.1 Å². The van der Waals surface area contributed by atoms with Gasteiger partial charge in [-0.15, -0.1) is 0 Å². The van der Waals surface area contributed by atoms with E-state index in [-0.39, 0.29) is 41.2 Å². The Morgan fingerprint density at radius 3 is 2.12 bits per heavy atom. The van der Waals surface area contributed by atoms with E-state index in [4.69, 9.17) is 16.3 Å². The summed E-state index contributed by atoms with van der Waals surface area (Å²) >= 11 is 5.81. The summed E-state index contributed by atoms with van der Waals surface area (Å²) in [5.74, 6) is -3.49. The maximum absolute atomic E-state index is 14.6. The first-order valence-electron chi connectivity index (χ1n) is 11.8. The first-order chi connectivity index (χ1) is 20.0. The second kappa shape index (κ2) is 12.6. The highest BCUT2D eigenvalue weighted by Crippen LogP contribution is 2.55. The van der Waals surface area contributed by atoms with Gasteiger partial charge in [0.15, 0.2) is 11.5 Å². The van der Waals surface area contributed by atoms with Gasteiger partial charge in [-0.1, -0.05) is 17.7 Å². The molecular weight excluding hydrogens is 625 g/mol. The molecule has 0 atom stereocenters. The molecule has 0 spiro atoms. The standard InChI is InChI=1S/C26H19ClF9N3O4/c1-3-39(22(41)13-7-9-37-10-8-13)17-6-4-5-15(20(17)42-2)21(40)38-19-16(27)11-14(12-18(19)43-23(28)29)24(30,25(31,32)33)26(34,35)36/h4-12,23H,3H2,1-2H3,(H,38,40). The molecule has 0 aliphatic carbocycles. The molecule has 3 rings (SSSR count). The number of carbonyl (C=O) groups is 2. The maximum atomic E-state index is 14.6. The van der Waals surface area contributed by atoms with E-state index in [2.05, 4.69) is 9.72 Å². The lowest BCUT2D eigenvalue weighted by molar-refractivity contribution is -0.348. The number of nitrogens with zero attached hydrogens (tertiary/aromatic N) is 2. The first kappa shape index (κ1) is 33.3. The van der Waals surface area contributed by atoms with Crippen LogP contribution < -0.4 is 19.7 Å². The van der Waals surface area contributed by atoms with Gasteiger partial charge < -0.3 is 19.7 Å². The number of amides is 2. The van der Waals surface area contributed by atoms with Crippen molar-refractivity contribution in [3.63, 3.8) is 0 Å². The predicted molar refractivity (Wildman–Crippen MR) is 136 cm³/mol. The number of alkyl halides is 9. The number of benzene rings is 2. The molecule has 43 heavy (non-hydrogen) atoms. The van der Waals surface area contributed by atoms with Crippen LogP contribution in [0.2, 0.25) is 5.02 Å². The minimum absolute atomic E-state index is 0.0579. The fourth-order valence-electron chi connectivity index (χ4n) is 3.96. The second-order valence-electron chi connectivity index (χ2n) is 8.46. The SMILES string of the molecule is CCN(C(=O)c1ccncc1)c1cccc(C(=O)Nc2c(Cl)cc(C(F)(C(F)(F)F)C(F)(F)F)cc2OC(F)F)c1OC. The topological polar surface area (TPSA) is 80.8 Å². The van der Waals surface area contributed by atoms with Crippen LogP contribution in [0.4, 0.5) is 50.9 Å². The molecule has 7 nitrogen and oxygen atoms in total. The van der Waals surface area contributed by atoms with Crippen molar-refractivity contribution in [2.75, 3.05) is 23.9 Å². The zero-order valence-electron chi connectivity index (χ0n) is 21.8. The van der Waals surface area contributed by atoms with Gasteiger partial charge in [0.05, 0.1) is 23.4 Å². The van der Waals surface area contributed by atoms with Crippen LogP contribution in [0.3, 0.4) is 0 Å². The van der Waals surface area contributed by atoms with Gasteiger partial charge in [0, 0.05) is 30.1 Å². The molecule has 2 aromatic carbocycles. The number of aromatic nitrogens is 1. The van der Waals surface area contributed by atoms with Gasteiger partial charge in [-0.3, -0.25) is 14.6 Å². The van der Waals surface area contributed by atoms with Gasteiger partial charge in [-0.05, 0) is 43.3 Å². The summed E-state index contributed by atoms with van der Waals surface area (Å²) in [7, 11) is 1.13. The van der Waals surface area contributed by atoms with Crippen molar-refractivity contribution in [3.05, 3.63) is 76.6 Å². The Hall–Kier alpha value is -4.21. The molecule has 0 fully saturated rings. The van der Waals surface area contributed by atoms with Crippen LogP contribution in [0.5, 0.6) is 11.5 Å². The number of pyridine rings is 1. The molecule has 17 heteroatoms. The lowest BCUT2D eigenvalue weighted by atomic mass is 9.93. The third-order valence-electron chi connectivity index (χ3n) is 5.91. The Morgan fingerprint density at radius 2 is 1.60 bits per heavy atom. The Labute approximate surface area is 242 Å². The van der Waals surface area contributed by atoms with Crippen molar-refractivity contribution in [2.24, 2.45) is 0 Å². The van der Waals surface area contributed by atoms with Crippen LogP contribution in [0.15, 0.2) is 54.9 Å². The van der Waals surface area contributed by atoms with E-state index in [0.717, 1.165) is 13.2 Å². The third kappa shape index (κ3) is 6.58. The van der Waals surface area contributed by atoms with E-state index < -0.39 is 58.5 Å². The Bertz CT molecular complexity index is 1470. The number of anilines is 2. The fraction of sp³-hybridized carbons (Fsp3) is 0.269. The number of hydrogen-bond donors (Lipinski definition) is 1. The van der Waals surface area contributed by atoms with E-state index in [0.29, 0.717) is 0 Å². The molecule has 1 N–H and O–H groups in total. The quantitative estimate of drug-likeness (QED) is 0.244. The second-order valence-corrected chi connectivity index (χ2v) is 8.87. The summed E-state index contributed by atoms with van der Waals surface area (Å²) in [5, 5.41) is 0.772. The molecule has 3 aromatic rings. The highest BCUT2D eigenvalue weighted by atomic mass is 35.5. The zero-order chi connectivity index (χ0) is 32.3. The fourth-order valence-corrected chi connectivity index (χ4v) is 4.22. The van der Waals surface area contributed by atoms with Crippen molar-refractivity contribution < 1.29 is 58.6 Å². The van der Waals surface area contributed by atoms with Crippen LogP contribution in [0, 0.1) is 0 Å². The summed E-state index contributed by atoms with van der Waals surface area (Å²) in [6.07, 6.45) is -10.4. The smallest absolute Gasteiger partial charge is 0.435 e. The molecule has 1 heterocycles. The lowest BCUT2D eigenvalue weighted by Gasteiger charge is -2.31. The zero-order valence-corrected chi connectivity index (χ0v) is 22.5. The number of methoxy groups -OCH3 is 1. The largest absolute Gasteiger partial charge is 0.494 e. The van der Waals surface area contributed by atoms with Crippen molar-refractivity contribution in [3.8, 4) is 11.5 Å². The highest BCUT2D eigenvalue weighted by Gasteiger charge is 2.73. The molecule has 0 saturated carbocycles. The van der Waals surface area contributed by atoms with Crippen LogP contribution >= 0.6 is 11.6 Å². The van der Waals surface area contributed by atoms with Gasteiger partial charge in [0.1, 0.15) is 5.69 Å². The Kier molecular flexibility index (Phi) is 9.73. The number of ether oxygens (including phenoxy) is 2. The van der Waals surface area contributed by atoms with Crippen LogP contribution in [-0.4, -0.2) is 49.4 Å². The minimum atomic E-state index is -6.59. The molecule has 0 aliphatic rings. The van der Waals surface area contributed by atoms with Crippen LogP contribution in [-0.2, 0) is 5.67 Å². The van der Waals surface area contributed by atoms with E-state index in [1.165, 1.54) is 41.6 Å². The average Bonchev–Trinajstić information content (AvgIpc) is 2.93. The number of halogens is 10. The summed E-state index contributed by atoms with van der Waals surface area (Å²) in [6, 6.07) is 6.28. The van der Waals surface area contributed by atoms with Crippen LogP contribution in [0.25, 0.3) is 0 Å². The molecule has 0 radical (unpaired) electrons. The van der Waals surface area contributed by atoms with Gasteiger partial charge >= 0.3 is 24.6 Å². The van der Waals surface area contributed by atoms with E-state index >= 15 is 0 Å². The summed E-state index contributed by atoms with van der Waals surface area (Å²) in [4.78, 5) is 31.4. The molecule has 0 saturated heterocycles. The molecule has 2 amide bonds. The number of hydrogen-bond acceptors (Lipinski definition) is 5. The van der Waals surface area contributed by atoms with Crippen molar-refractivity contribution in [1.82, 2.24) is 4.98 Å². The molecule has 0 aliphatic heterocycles.